The third-order valence-electron chi connectivity index (χ3n) is 3.62. The summed E-state index contributed by atoms with van der Waals surface area (Å²) in [6.45, 7) is 0.564. The van der Waals surface area contributed by atoms with E-state index in [9.17, 15) is 4.79 Å². The first kappa shape index (κ1) is 14.6. The van der Waals surface area contributed by atoms with Gasteiger partial charge in [-0.05, 0) is 23.6 Å². The number of hydrogen-bond acceptors (Lipinski definition) is 5. The maximum Gasteiger partial charge on any atom is 0.240 e. The van der Waals surface area contributed by atoms with Gasteiger partial charge in [-0.2, -0.15) is 11.3 Å². The number of rotatable bonds is 5. The second-order valence-electron chi connectivity index (χ2n) is 5.27. The second kappa shape index (κ2) is 6.25. The zero-order valence-corrected chi connectivity index (χ0v) is 13.5. The fraction of sp³-hybridized carbons (Fsp3) is 0.125. The molecule has 24 heavy (non-hydrogen) atoms. The normalized spacial score (nSPS) is 11.0. The lowest BCUT2D eigenvalue weighted by Crippen LogP contribution is -2.27. The van der Waals surface area contributed by atoms with Crippen molar-refractivity contribution in [1.29, 1.82) is 0 Å². The standard InChI is InChI=1S/C16H14N6OS/c23-16(9-21-11-18-14-3-1-2-4-15(14)21)17-7-12-8-22(20-19-12)13-5-6-24-10-13/h1-6,8,10-11H,7,9H2,(H,17,23). The van der Waals surface area contributed by atoms with Gasteiger partial charge in [0.25, 0.3) is 0 Å². The highest BCUT2D eigenvalue weighted by molar-refractivity contribution is 7.08. The predicted octanol–water partition coefficient (Wildman–Crippen LogP) is 1.99. The van der Waals surface area contributed by atoms with Gasteiger partial charge in [-0.3, -0.25) is 4.79 Å². The summed E-state index contributed by atoms with van der Waals surface area (Å²) >= 11 is 1.60. The molecule has 0 unspecified atom stereocenters. The number of para-hydroxylation sites is 2. The third kappa shape index (κ3) is 2.91. The van der Waals surface area contributed by atoms with E-state index in [0.29, 0.717) is 12.2 Å². The molecule has 0 aliphatic heterocycles. The smallest absolute Gasteiger partial charge is 0.240 e. The Morgan fingerprint density at radius 1 is 1.25 bits per heavy atom. The summed E-state index contributed by atoms with van der Waals surface area (Å²) in [5.41, 5.74) is 3.50. The van der Waals surface area contributed by atoms with Crippen molar-refractivity contribution in [3.63, 3.8) is 0 Å². The number of hydrogen-bond donors (Lipinski definition) is 1. The lowest BCUT2D eigenvalue weighted by molar-refractivity contribution is -0.121. The Balaban J connectivity index is 1.38. The zero-order chi connectivity index (χ0) is 16.4. The van der Waals surface area contributed by atoms with Crippen molar-refractivity contribution < 1.29 is 4.79 Å². The molecule has 3 heterocycles. The molecule has 4 rings (SSSR count). The zero-order valence-electron chi connectivity index (χ0n) is 12.7. The lowest BCUT2D eigenvalue weighted by atomic mass is 10.3. The molecule has 8 heteroatoms. The van der Waals surface area contributed by atoms with E-state index in [2.05, 4.69) is 20.6 Å². The maximum atomic E-state index is 12.1. The van der Waals surface area contributed by atoms with E-state index in [1.54, 1.807) is 22.3 Å². The minimum absolute atomic E-state index is 0.0942. The molecule has 0 spiro atoms. The van der Waals surface area contributed by atoms with Gasteiger partial charge in [-0.25, -0.2) is 9.67 Å². The molecule has 1 amide bonds. The van der Waals surface area contributed by atoms with Crippen molar-refractivity contribution >= 4 is 28.3 Å². The highest BCUT2D eigenvalue weighted by Crippen LogP contribution is 2.12. The Hall–Kier alpha value is -3.00. The third-order valence-corrected chi connectivity index (χ3v) is 4.29. The number of nitrogens with zero attached hydrogens (tertiary/aromatic N) is 5. The van der Waals surface area contributed by atoms with E-state index < -0.39 is 0 Å². The van der Waals surface area contributed by atoms with Crippen LogP contribution in [0.2, 0.25) is 0 Å². The molecule has 1 N–H and O–H groups in total. The van der Waals surface area contributed by atoms with Crippen LogP contribution >= 0.6 is 11.3 Å². The van der Waals surface area contributed by atoms with Gasteiger partial charge in [0.05, 0.1) is 35.8 Å². The fourth-order valence-corrected chi connectivity index (χ4v) is 3.05. The summed E-state index contributed by atoms with van der Waals surface area (Å²) in [6.07, 6.45) is 3.49. The van der Waals surface area contributed by atoms with E-state index in [-0.39, 0.29) is 12.5 Å². The van der Waals surface area contributed by atoms with Crippen LogP contribution in [0.1, 0.15) is 5.69 Å². The highest BCUT2D eigenvalue weighted by atomic mass is 32.1. The van der Waals surface area contributed by atoms with Crippen LogP contribution < -0.4 is 5.32 Å². The van der Waals surface area contributed by atoms with Crippen molar-refractivity contribution in [2.45, 2.75) is 13.1 Å². The van der Waals surface area contributed by atoms with E-state index in [1.165, 1.54) is 0 Å². The van der Waals surface area contributed by atoms with Crippen molar-refractivity contribution in [2.75, 3.05) is 0 Å². The van der Waals surface area contributed by atoms with Gasteiger partial charge in [-0.15, -0.1) is 5.10 Å². The summed E-state index contributed by atoms with van der Waals surface area (Å²) in [6, 6.07) is 9.69. The average molecular weight is 338 g/mol. The Labute approximate surface area is 141 Å². The van der Waals surface area contributed by atoms with Crippen molar-refractivity contribution in [1.82, 2.24) is 29.9 Å². The molecule has 3 aromatic heterocycles. The van der Waals surface area contributed by atoms with Gasteiger partial charge >= 0.3 is 0 Å². The number of nitrogens with one attached hydrogen (secondary N) is 1. The van der Waals surface area contributed by atoms with Gasteiger partial charge in [0.15, 0.2) is 0 Å². The molecule has 0 bridgehead atoms. The quantitative estimate of drug-likeness (QED) is 0.604. The van der Waals surface area contributed by atoms with E-state index >= 15 is 0 Å². The molecule has 120 valence electrons. The van der Waals surface area contributed by atoms with Crippen molar-refractivity contribution in [2.24, 2.45) is 0 Å². The van der Waals surface area contributed by atoms with Crippen LogP contribution in [0, 0.1) is 0 Å². The van der Waals surface area contributed by atoms with Crippen LogP contribution in [0.15, 0.2) is 53.6 Å². The molecule has 1 aromatic carbocycles. The first-order valence-corrected chi connectivity index (χ1v) is 8.34. The molecule has 0 aliphatic rings. The van der Waals surface area contributed by atoms with Crippen LogP contribution in [-0.4, -0.2) is 30.5 Å². The molecular formula is C16H14N6OS. The van der Waals surface area contributed by atoms with Gasteiger partial charge < -0.3 is 9.88 Å². The molecule has 0 saturated carbocycles. The Kier molecular flexibility index (Phi) is 3.80. The number of imidazole rings is 1. The second-order valence-corrected chi connectivity index (χ2v) is 6.05. The summed E-state index contributed by atoms with van der Waals surface area (Å²) in [4.78, 5) is 16.4. The lowest BCUT2D eigenvalue weighted by Gasteiger charge is -2.05. The van der Waals surface area contributed by atoms with Crippen LogP contribution in [-0.2, 0) is 17.9 Å². The van der Waals surface area contributed by atoms with Crippen LogP contribution in [0.25, 0.3) is 16.7 Å². The van der Waals surface area contributed by atoms with Gasteiger partial charge in [-0.1, -0.05) is 17.3 Å². The number of amides is 1. The first-order chi connectivity index (χ1) is 11.8. The number of carbonyl (C=O) groups excluding carboxylic acids is 1. The Morgan fingerprint density at radius 2 is 2.17 bits per heavy atom. The van der Waals surface area contributed by atoms with Gasteiger partial charge in [0, 0.05) is 5.38 Å². The molecule has 0 radical (unpaired) electrons. The number of benzene rings is 1. The monoisotopic (exact) mass is 338 g/mol. The van der Waals surface area contributed by atoms with E-state index in [1.807, 2.05) is 51.9 Å². The molecule has 0 fully saturated rings. The number of thiophene rings is 1. The molecule has 0 saturated heterocycles. The molecule has 0 atom stereocenters. The SMILES string of the molecule is O=C(Cn1cnc2ccccc21)NCc1cn(-c2ccsc2)nn1. The molecule has 4 aromatic rings. The van der Waals surface area contributed by atoms with Crippen molar-refractivity contribution in [3.05, 3.63) is 59.3 Å². The van der Waals surface area contributed by atoms with Crippen molar-refractivity contribution in [3.8, 4) is 5.69 Å². The summed E-state index contributed by atoms with van der Waals surface area (Å²) < 4.78 is 3.52. The highest BCUT2D eigenvalue weighted by Gasteiger charge is 2.08. The topological polar surface area (TPSA) is 77.6 Å². The number of aromatic nitrogens is 5. The fourth-order valence-electron chi connectivity index (χ4n) is 2.43. The number of fused-ring (bicyclic) bond motifs is 1. The van der Waals surface area contributed by atoms with Crippen LogP contribution in [0.3, 0.4) is 0 Å². The minimum atomic E-state index is -0.0942. The largest absolute Gasteiger partial charge is 0.349 e. The summed E-state index contributed by atoms with van der Waals surface area (Å²) in [5, 5.41) is 15.0. The predicted molar refractivity (Wildman–Crippen MR) is 90.8 cm³/mol. The Bertz CT molecular complexity index is 971. The molecule has 7 nitrogen and oxygen atoms in total. The maximum absolute atomic E-state index is 12.1. The van der Waals surface area contributed by atoms with E-state index in [0.717, 1.165) is 16.7 Å². The molecular weight excluding hydrogens is 324 g/mol. The average Bonchev–Trinajstić information content (AvgIpc) is 3.34. The summed E-state index contributed by atoms with van der Waals surface area (Å²) in [5.74, 6) is -0.0942. The number of carbonyl (C=O) groups is 1. The summed E-state index contributed by atoms with van der Waals surface area (Å²) in [7, 11) is 0. The van der Waals surface area contributed by atoms with Crippen LogP contribution in [0.5, 0.6) is 0 Å². The van der Waals surface area contributed by atoms with Gasteiger partial charge in [0.1, 0.15) is 12.2 Å². The minimum Gasteiger partial charge on any atom is -0.349 e. The Morgan fingerprint density at radius 3 is 3.04 bits per heavy atom. The van der Waals surface area contributed by atoms with Gasteiger partial charge in [0.2, 0.25) is 5.91 Å². The van der Waals surface area contributed by atoms with E-state index in [4.69, 9.17) is 0 Å². The first-order valence-electron chi connectivity index (χ1n) is 7.40. The van der Waals surface area contributed by atoms with Crippen LogP contribution in [0.4, 0.5) is 0 Å². The molecule has 0 aliphatic carbocycles.